The highest BCUT2D eigenvalue weighted by Gasteiger charge is 2.13. The van der Waals surface area contributed by atoms with Gasteiger partial charge < -0.3 is 4.42 Å². The van der Waals surface area contributed by atoms with Crippen LogP contribution >= 0.6 is 0 Å². The van der Waals surface area contributed by atoms with Crippen LogP contribution in [0.5, 0.6) is 0 Å². The molecule has 0 spiro atoms. The summed E-state index contributed by atoms with van der Waals surface area (Å²) in [7, 11) is 0. The highest BCUT2D eigenvalue weighted by Crippen LogP contribution is 2.33. The zero-order chi connectivity index (χ0) is 17.9. The Bertz CT molecular complexity index is 1120. The Kier molecular flexibility index (Phi) is 4.57. The Morgan fingerprint density at radius 1 is 0.731 bits per heavy atom. The van der Waals surface area contributed by atoms with Gasteiger partial charge in [0.1, 0.15) is 5.76 Å². The highest BCUT2D eigenvalue weighted by molar-refractivity contribution is 6.08. The quantitative estimate of drug-likeness (QED) is 0.377. The van der Waals surface area contributed by atoms with Crippen molar-refractivity contribution in [2.45, 2.75) is 32.6 Å². The van der Waals surface area contributed by atoms with Crippen LogP contribution in [0, 0.1) is 6.92 Å². The van der Waals surface area contributed by atoms with Gasteiger partial charge in [-0.15, -0.1) is 0 Å². The molecule has 5 rings (SSSR count). The van der Waals surface area contributed by atoms with Crippen molar-refractivity contribution in [2.75, 3.05) is 0 Å². The van der Waals surface area contributed by atoms with Gasteiger partial charge in [-0.1, -0.05) is 54.6 Å². The molecule has 1 heterocycles. The first-order chi connectivity index (χ1) is 12.7. The molecule has 26 heavy (non-hydrogen) atoms. The lowest BCUT2D eigenvalue weighted by Crippen LogP contribution is -2.02. The zero-order valence-electron chi connectivity index (χ0n) is 15.0. The molecule has 0 fully saturated rings. The van der Waals surface area contributed by atoms with Crippen LogP contribution in [-0.2, 0) is 12.8 Å². The Hall–Kier alpha value is -2.87. The average Bonchev–Trinajstić information content (AvgIpc) is 2.68. The molecule has 130 valence electrons. The number of fused-ring (bicyclic) bond motifs is 5. The van der Waals surface area contributed by atoms with Gasteiger partial charge in [0.05, 0.1) is 0 Å². The monoisotopic (exact) mass is 342 g/mol. The van der Waals surface area contributed by atoms with Gasteiger partial charge in [0.2, 0.25) is 0 Å². The Labute approximate surface area is 153 Å². The van der Waals surface area contributed by atoms with Gasteiger partial charge in [-0.05, 0) is 71.3 Å². The fraction of sp³-hybridized carbons (Fsp3) is 0.208. The van der Waals surface area contributed by atoms with E-state index < -0.39 is 0 Å². The number of rotatable bonds is 0. The van der Waals surface area contributed by atoms with Crippen LogP contribution in [0.3, 0.4) is 0 Å². The van der Waals surface area contributed by atoms with Crippen molar-refractivity contribution >= 4 is 21.5 Å². The summed E-state index contributed by atoms with van der Waals surface area (Å²) < 4.78 is 4.62. The maximum absolute atomic E-state index is 10.3. The van der Waals surface area contributed by atoms with Crippen molar-refractivity contribution in [3.8, 4) is 0 Å². The van der Waals surface area contributed by atoms with Crippen LogP contribution < -0.4 is 5.63 Å². The van der Waals surface area contributed by atoms with Crippen molar-refractivity contribution in [2.24, 2.45) is 0 Å². The first kappa shape index (κ1) is 16.6. The van der Waals surface area contributed by atoms with Crippen LogP contribution in [-0.4, -0.2) is 0 Å². The van der Waals surface area contributed by atoms with Crippen LogP contribution in [0.4, 0.5) is 0 Å². The minimum absolute atomic E-state index is 0.287. The van der Waals surface area contributed by atoms with E-state index in [2.05, 4.69) is 52.9 Å². The Morgan fingerprint density at radius 2 is 1.54 bits per heavy atom. The third kappa shape index (κ3) is 3.28. The highest BCUT2D eigenvalue weighted by atomic mass is 16.4. The van der Waals surface area contributed by atoms with Gasteiger partial charge in [-0.3, -0.25) is 0 Å². The van der Waals surface area contributed by atoms with Crippen molar-refractivity contribution in [3.05, 3.63) is 94.0 Å². The molecule has 1 aliphatic rings. The number of hydrogen-bond donors (Lipinski definition) is 0. The lowest BCUT2D eigenvalue weighted by molar-refractivity contribution is 0.480. The fourth-order valence-corrected chi connectivity index (χ4v) is 3.83. The molecule has 0 bridgehead atoms. The standard InChI is InChI=1S/C18H16.C6H6O2/c1-3-7-15-13(5-1)9-11-18-16-8-4-2-6-14(16)10-12-17(15)18;1-5-3-2-4-6(7)8-5/h1,3,5,7,9-12H,2,4,6,8H2;2-4H,1H3. The summed E-state index contributed by atoms with van der Waals surface area (Å²) in [4.78, 5) is 10.3. The number of hydrogen-bond acceptors (Lipinski definition) is 2. The third-order valence-electron chi connectivity index (χ3n) is 5.08. The molecule has 0 saturated heterocycles. The predicted molar refractivity (Wildman–Crippen MR) is 108 cm³/mol. The predicted octanol–water partition coefficient (Wildman–Crippen LogP) is 5.82. The normalized spacial score (nSPS) is 13.1. The van der Waals surface area contributed by atoms with Gasteiger partial charge in [0.25, 0.3) is 0 Å². The summed E-state index contributed by atoms with van der Waals surface area (Å²) in [5.74, 6) is 0.650. The van der Waals surface area contributed by atoms with Crippen molar-refractivity contribution in [3.63, 3.8) is 0 Å². The second-order valence-electron chi connectivity index (χ2n) is 6.85. The largest absolute Gasteiger partial charge is 0.428 e. The van der Waals surface area contributed by atoms with E-state index in [9.17, 15) is 4.79 Å². The van der Waals surface area contributed by atoms with Gasteiger partial charge in [-0.2, -0.15) is 0 Å². The van der Waals surface area contributed by atoms with Gasteiger partial charge in [-0.25, -0.2) is 4.79 Å². The fourth-order valence-electron chi connectivity index (χ4n) is 3.83. The molecule has 0 aliphatic heterocycles. The Balaban J connectivity index is 0.000000178. The van der Waals surface area contributed by atoms with E-state index in [1.165, 1.54) is 53.3 Å². The van der Waals surface area contributed by atoms with Crippen molar-refractivity contribution in [1.82, 2.24) is 0 Å². The van der Waals surface area contributed by atoms with E-state index in [0.29, 0.717) is 5.76 Å². The summed E-state index contributed by atoms with van der Waals surface area (Å²) in [6, 6.07) is 22.8. The summed E-state index contributed by atoms with van der Waals surface area (Å²) in [6.45, 7) is 1.74. The summed E-state index contributed by atoms with van der Waals surface area (Å²) in [6.07, 6.45) is 5.22. The third-order valence-corrected chi connectivity index (χ3v) is 5.08. The topological polar surface area (TPSA) is 30.2 Å². The molecule has 1 aliphatic carbocycles. The molecule has 0 atom stereocenters. The Morgan fingerprint density at radius 3 is 2.35 bits per heavy atom. The van der Waals surface area contributed by atoms with Crippen LogP contribution in [0.25, 0.3) is 21.5 Å². The molecule has 4 aromatic rings. The van der Waals surface area contributed by atoms with Gasteiger partial charge >= 0.3 is 5.63 Å². The summed E-state index contributed by atoms with van der Waals surface area (Å²) in [5, 5.41) is 5.64. The first-order valence-electron chi connectivity index (χ1n) is 9.21. The lowest BCUT2D eigenvalue weighted by Gasteiger charge is -2.18. The van der Waals surface area contributed by atoms with Crippen LogP contribution in [0.1, 0.15) is 29.7 Å². The van der Waals surface area contributed by atoms with E-state index in [1.807, 2.05) is 0 Å². The van der Waals surface area contributed by atoms with E-state index >= 15 is 0 Å². The maximum Gasteiger partial charge on any atom is 0.335 e. The molecule has 0 saturated carbocycles. The molecule has 0 unspecified atom stereocenters. The number of benzene rings is 3. The molecular formula is C24H22O2. The molecule has 0 radical (unpaired) electrons. The summed E-state index contributed by atoms with van der Waals surface area (Å²) >= 11 is 0. The number of aryl methyl sites for hydroxylation is 3. The van der Waals surface area contributed by atoms with E-state index in [1.54, 1.807) is 30.2 Å². The summed E-state index contributed by atoms with van der Waals surface area (Å²) in [5.41, 5.74) is 2.89. The van der Waals surface area contributed by atoms with Crippen molar-refractivity contribution < 1.29 is 4.42 Å². The van der Waals surface area contributed by atoms with Crippen LogP contribution in [0.15, 0.2) is 75.9 Å². The first-order valence-corrected chi connectivity index (χ1v) is 9.21. The van der Waals surface area contributed by atoms with E-state index in [-0.39, 0.29) is 5.63 Å². The van der Waals surface area contributed by atoms with Crippen LogP contribution in [0.2, 0.25) is 0 Å². The maximum atomic E-state index is 10.3. The van der Waals surface area contributed by atoms with E-state index in [4.69, 9.17) is 0 Å². The minimum atomic E-state index is -0.287. The van der Waals surface area contributed by atoms with Gasteiger partial charge in [0, 0.05) is 6.07 Å². The molecule has 3 aromatic carbocycles. The smallest absolute Gasteiger partial charge is 0.335 e. The van der Waals surface area contributed by atoms with Crippen molar-refractivity contribution in [1.29, 1.82) is 0 Å². The minimum Gasteiger partial charge on any atom is -0.428 e. The molecular weight excluding hydrogens is 320 g/mol. The molecule has 1 aromatic heterocycles. The second kappa shape index (κ2) is 7.17. The molecule has 0 N–H and O–H groups in total. The second-order valence-corrected chi connectivity index (χ2v) is 6.85. The lowest BCUT2D eigenvalue weighted by atomic mass is 9.86. The average molecular weight is 342 g/mol. The molecule has 2 heteroatoms. The SMILES string of the molecule is Cc1cccc(=O)o1.c1ccc2c(c1)ccc1c3c(ccc12)CCCC3. The molecule has 2 nitrogen and oxygen atoms in total. The van der Waals surface area contributed by atoms with E-state index in [0.717, 1.165) is 0 Å². The zero-order valence-corrected chi connectivity index (χ0v) is 15.0. The molecule has 0 amide bonds. The van der Waals surface area contributed by atoms with Gasteiger partial charge in [0.15, 0.2) is 0 Å².